The van der Waals surface area contributed by atoms with Crippen LogP contribution < -0.4 is 0 Å². The number of hydrogen-bond acceptors (Lipinski definition) is 4. The molecule has 0 aromatic heterocycles. The molecule has 0 heterocycles. The van der Waals surface area contributed by atoms with Crippen LogP contribution in [-0.2, 0) is 6.42 Å². The number of carboxylic acid groups (broad SMARTS) is 1. The van der Waals surface area contributed by atoms with E-state index in [-0.39, 0.29) is 11.3 Å². The van der Waals surface area contributed by atoms with E-state index in [1.165, 1.54) is 23.8 Å². The number of aromatic hydroxyl groups is 1. The molecule has 1 aromatic rings. The lowest BCUT2D eigenvalue weighted by Crippen LogP contribution is -2.35. The smallest absolute Gasteiger partial charge is 0.335 e. The van der Waals surface area contributed by atoms with E-state index in [1.54, 1.807) is 13.8 Å². The van der Waals surface area contributed by atoms with Crippen molar-refractivity contribution in [2.45, 2.75) is 71.5 Å². The van der Waals surface area contributed by atoms with Crippen molar-refractivity contribution in [2.24, 2.45) is 0 Å². The summed E-state index contributed by atoms with van der Waals surface area (Å²) < 4.78 is 0. The maximum Gasteiger partial charge on any atom is 0.335 e. The Balaban J connectivity index is 2.51. The number of aromatic carboxylic acids is 1. The van der Waals surface area contributed by atoms with Gasteiger partial charge in [0.1, 0.15) is 5.75 Å². The molecule has 0 unspecified atom stereocenters. The molecule has 0 aliphatic heterocycles. The van der Waals surface area contributed by atoms with E-state index in [2.05, 4.69) is 6.08 Å². The molecule has 0 fully saturated rings. The second kappa shape index (κ2) is 10.3. The molecule has 150 valence electrons. The standard InChI is InChI=1S/C22H32O5/c1-15(6-5-7-16(2)9-13-20(24)22(3,4)27)8-10-17-14-18(21(25)26)11-12-19(17)23/h7-8,11-12,14,20,23-24,27H,5-6,9-10,13H2,1-4H3,(H,25,26)/b15-8+,16-7+/t20-/m0/s1. The summed E-state index contributed by atoms with van der Waals surface area (Å²) in [6.45, 7) is 7.24. The minimum Gasteiger partial charge on any atom is -0.508 e. The molecule has 4 N–H and O–H groups in total. The highest BCUT2D eigenvalue weighted by atomic mass is 16.4. The molecule has 0 spiro atoms. The maximum atomic E-state index is 11.0. The summed E-state index contributed by atoms with van der Waals surface area (Å²) in [5.41, 5.74) is 2.03. The minimum atomic E-state index is -1.08. The number of allylic oxidation sites excluding steroid dienone is 4. The molecule has 5 nitrogen and oxygen atoms in total. The van der Waals surface area contributed by atoms with Crippen LogP contribution in [0.1, 0.15) is 69.3 Å². The Morgan fingerprint density at radius 3 is 2.37 bits per heavy atom. The summed E-state index contributed by atoms with van der Waals surface area (Å²) in [7, 11) is 0. The van der Waals surface area contributed by atoms with Crippen molar-refractivity contribution in [1.29, 1.82) is 0 Å². The summed E-state index contributed by atoms with van der Waals surface area (Å²) in [6.07, 6.45) is 6.89. The number of rotatable bonds is 10. The first-order valence-electron chi connectivity index (χ1n) is 9.27. The Labute approximate surface area is 161 Å². The Kier molecular flexibility index (Phi) is 8.73. The average molecular weight is 376 g/mol. The molecule has 0 amide bonds. The highest BCUT2D eigenvalue weighted by Crippen LogP contribution is 2.21. The number of carbonyl (C=O) groups is 1. The minimum absolute atomic E-state index is 0.102. The summed E-state index contributed by atoms with van der Waals surface area (Å²) in [5, 5.41) is 38.5. The van der Waals surface area contributed by atoms with Gasteiger partial charge in [-0.1, -0.05) is 23.3 Å². The van der Waals surface area contributed by atoms with Gasteiger partial charge in [0.2, 0.25) is 0 Å². The predicted octanol–water partition coefficient (Wildman–Crippen LogP) is 4.22. The summed E-state index contributed by atoms with van der Waals surface area (Å²) in [5.74, 6) is -0.905. The number of aliphatic hydroxyl groups excluding tert-OH is 1. The Morgan fingerprint density at radius 1 is 1.15 bits per heavy atom. The molecular formula is C22H32O5. The third kappa shape index (κ3) is 8.41. The molecule has 0 aliphatic carbocycles. The number of carboxylic acids is 1. The van der Waals surface area contributed by atoms with Crippen LogP contribution >= 0.6 is 0 Å². The summed E-state index contributed by atoms with van der Waals surface area (Å²) >= 11 is 0. The average Bonchev–Trinajstić information content (AvgIpc) is 2.57. The van der Waals surface area contributed by atoms with Crippen LogP contribution in [0.5, 0.6) is 5.75 Å². The van der Waals surface area contributed by atoms with Crippen molar-refractivity contribution in [3.8, 4) is 5.75 Å². The van der Waals surface area contributed by atoms with Crippen molar-refractivity contribution in [3.05, 3.63) is 52.6 Å². The molecule has 0 saturated carbocycles. The third-order valence-corrected chi connectivity index (χ3v) is 4.66. The maximum absolute atomic E-state index is 11.0. The van der Waals surface area contributed by atoms with Gasteiger partial charge in [0.25, 0.3) is 0 Å². The third-order valence-electron chi connectivity index (χ3n) is 4.66. The normalized spacial score (nSPS) is 14.3. The van der Waals surface area contributed by atoms with Gasteiger partial charge in [0, 0.05) is 0 Å². The van der Waals surface area contributed by atoms with Crippen molar-refractivity contribution < 1.29 is 25.2 Å². The second-order valence-corrected chi connectivity index (χ2v) is 7.70. The molecule has 1 aromatic carbocycles. The van der Waals surface area contributed by atoms with E-state index >= 15 is 0 Å². The van der Waals surface area contributed by atoms with Crippen LogP contribution in [-0.4, -0.2) is 38.1 Å². The molecule has 1 rings (SSSR count). The number of phenolic OH excluding ortho intramolecular Hbond substituents is 1. The van der Waals surface area contributed by atoms with E-state index in [4.69, 9.17) is 5.11 Å². The number of aliphatic hydroxyl groups is 2. The Hall–Kier alpha value is -2.11. The van der Waals surface area contributed by atoms with Crippen LogP contribution in [0.4, 0.5) is 0 Å². The van der Waals surface area contributed by atoms with E-state index in [0.29, 0.717) is 18.4 Å². The number of benzene rings is 1. The quantitative estimate of drug-likeness (QED) is 0.458. The van der Waals surface area contributed by atoms with Gasteiger partial charge in [-0.3, -0.25) is 0 Å². The van der Waals surface area contributed by atoms with Crippen LogP contribution in [0.2, 0.25) is 0 Å². The van der Waals surface area contributed by atoms with Gasteiger partial charge < -0.3 is 20.4 Å². The lowest BCUT2D eigenvalue weighted by molar-refractivity contribution is -0.0509. The van der Waals surface area contributed by atoms with Gasteiger partial charge in [0.05, 0.1) is 17.3 Å². The fourth-order valence-corrected chi connectivity index (χ4v) is 2.63. The van der Waals surface area contributed by atoms with Crippen molar-refractivity contribution in [3.63, 3.8) is 0 Å². The predicted molar refractivity (Wildman–Crippen MR) is 107 cm³/mol. The first-order chi connectivity index (χ1) is 12.5. The van der Waals surface area contributed by atoms with Gasteiger partial charge in [-0.2, -0.15) is 0 Å². The van der Waals surface area contributed by atoms with Crippen molar-refractivity contribution in [1.82, 2.24) is 0 Å². The van der Waals surface area contributed by atoms with E-state index < -0.39 is 17.7 Å². The molecular weight excluding hydrogens is 344 g/mol. The van der Waals surface area contributed by atoms with E-state index in [9.17, 15) is 20.1 Å². The molecule has 5 heteroatoms. The van der Waals surface area contributed by atoms with Gasteiger partial charge in [0.15, 0.2) is 0 Å². The Morgan fingerprint density at radius 2 is 1.78 bits per heavy atom. The molecule has 27 heavy (non-hydrogen) atoms. The van der Waals surface area contributed by atoms with E-state index in [1.807, 2.05) is 19.9 Å². The zero-order valence-corrected chi connectivity index (χ0v) is 16.7. The zero-order chi connectivity index (χ0) is 20.6. The van der Waals surface area contributed by atoms with Crippen LogP contribution in [0.3, 0.4) is 0 Å². The number of hydrogen-bond donors (Lipinski definition) is 4. The molecule has 0 radical (unpaired) electrons. The summed E-state index contributed by atoms with van der Waals surface area (Å²) in [4.78, 5) is 11.0. The van der Waals surface area contributed by atoms with Gasteiger partial charge in [-0.05, 0) is 83.6 Å². The summed E-state index contributed by atoms with van der Waals surface area (Å²) in [6, 6.07) is 4.30. The topological polar surface area (TPSA) is 98.0 Å². The second-order valence-electron chi connectivity index (χ2n) is 7.70. The van der Waals surface area contributed by atoms with Crippen molar-refractivity contribution in [2.75, 3.05) is 0 Å². The monoisotopic (exact) mass is 376 g/mol. The van der Waals surface area contributed by atoms with Crippen LogP contribution in [0, 0.1) is 0 Å². The highest BCUT2D eigenvalue weighted by molar-refractivity contribution is 5.88. The van der Waals surface area contributed by atoms with Gasteiger partial charge >= 0.3 is 5.97 Å². The van der Waals surface area contributed by atoms with Crippen molar-refractivity contribution >= 4 is 5.97 Å². The fourth-order valence-electron chi connectivity index (χ4n) is 2.63. The zero-order valence-electron chi connectivity index (χ0n) is 16.7. The van der Waals surface area contributed by atoms with Crippen LogP contribution in [0.15, 0.2) is 41.5 Å². The Bertz CT molecular complexity index is 695. The van der Waals surface area contributed by atoms with Gasteiger partial charge in [-0.25, -0.2) is 4.79 Å². The first-order valence-corrected chi connectivity index (χ1v) is 9.27. The highest BCUT2D eigenvalue weighted by Gasteiger charge is 2.23. The van der Waals surface area contributed by atoms with E-state index in [0.717, 1.165) is 24.8 Å². The molecule has 0 aliphatic rings. The lowest BCUT2D eigenvalue weighted by Gasteiger charge is -2.24. The largest absolute Gasteiger partial charge is 0.508 e. The fraction of sp³-hybridized carbons (Fsp3) is 0.500. The van der Waals surface area contributed by atoms with Gasteiger partial charge in [-0.15, -0.1) is 0 Å². The molecule has 1 atom stereocenters. The first kappa shape index (κ1) is 22.9. The molecule has 0 saturated heterocycles. The SMILES string of the molecule is C/C(=C\Cc1cc(C(=O)O)ccc1O)CC/C=C(\C)CC[C@H](O)C(C)(C)O. The van der Waals surface area contributed by atoms with Crippen LogP contribution in [0.25, 0.3) is 0 Å². The molecule has 0 bridgehead atoms. The lowest BCUT2D eigenvalue weighted by atomic mass is 9.95. The number of phenols is 1.